The lowest BCUT2D eigenvalue weighted by Crippen LogP contribution is -3.11. The maximum Gasteiger partial charge on any atom is 0.279 e. The van der Waals surface area contributed by atoms with Crippen molar-refractivity contribution in [2.75, 3.05) is 18.4 Å². The fourth-order valence-electron chi connectivity index (χ4n) is 3.73. The summed E-state index contributed by atoms with van der Waals surface area (Å²) in [5, 5.41) is 4.26. The van der Waals surface area contributed by atoms with Crippen molar-refractivity contribution in [2.24, 2.45) is 0 Å². The Kier molecular flexibility index (Phi) is 4.74. The van der Waals surface area contributed by atoms with Gasteiger partial charge >= 0.3 is 0 Å². The number of hydrogen-bond donors (Lipinski definition) is 2. The molecule has 134 valence electrons. The first-order valence-corrected chi connectivity index (χ1v) is 9.99. The number of carbonyl (C=O) groups is 1. The molecule has 2 atom stereocenters. The predicted octanol–water partition coefficient (Wildman–Crippen LogP) is 3.27. The molecule has 3 aromatic rings. The normalized spacial score (nSPS) is 19.8. The number of amides is 1. The number of benzene rings is 2. The molecule has 2 aromatic carbocycles. The molecule has 1 aliphatic rings. The summed E-state index contributed by atoms with van der Waals surface area (Å²) in [5.74, 6) is 0.0849. The largest absolute Gasteiger partial charge is 0.321 e. The van der Waals surface area contributed by atoms with Crippen LogP contribution in [0.1, 0.15) is 35.0 Å². The van der Waals surface area contributed by atoms with Gasteiger partial charge in [0.25, 0.3) is 5.91 Å². The second-order valence-corrected chi connectivity index (χ2v) is 8.23. The van der Waals surface area contributed by atoms with E-state index in [0.29, 0.717) is 12.6 Å². The van der Waals surface area contributed by atoms with Crippen molar-refractivity contribution in [3.8, 4) is 0 Å². The fourth-order valence-corrected chi connectivity index (χ4v) is 4.89. The summed E-state index contributed by atoms with van der Waals surface area (Å²) in [7, 11) is 0. The van der Waals surface area contributed by atoms with Crippen LogP contribution < -0.4 is 10.2 Å². The van der Waals surface area contributed by atoms with E-state index >= 15 is 0 Å². The van der Waals surface area contributed by atoms with Gasteiger partial charge in [-0.25, -0.2) is 4.98 Å². The van der Waals surface area contributed by atoms with Crippen molar-refractivity contribution in [1.82, 2.24) is 4.98 Å². The van der Waals surface area contributed by atoms with Gasteiger partial charge in [-0.1, -0.05) is 24.3 Å². The van der Waals surface area contributed by atoms with Crippen LogP contribution in [0.2, 0.25) is 0 Å². The number of aryl methyl sites for hydroxylation is 2. The maximum atomic E-state index is 12.6. The van der Waals surface area contributed by atoms with Crippen LogP contribution >= 0.6 is 11.3 Å². The number of likely N-dealkylation sites (tertiary alicyclic amines) is 1. The van der Waals surface area contributed by atoms with Gasteiger partial charge in [0.15, 0.2) is 11.6 Å². The van der Waals surface area contributed by atoms with Crippen molar-refractivity contribution < 1.29 is 9.69 Å². The van der Waals surface area contributed by atoms with Gasteiger partial charge in [-0.15, -0.1) is 11.3 Å². The molecule has 1 unspecified atom stereocenters. The molecule has 0 saturated carbocycles. The van der Waals surface area contributed by atoms with Gasteiger partial charge in [0.2, 0.25) is 0 Å². The van der Waals surface area contributed by atoms with Crippen molar-refractivity contribution in [3.05, 3.63) is 58.6 Å². The molecule has 1 aromatic heterocycles. The summed E-state index contributed by atoms with van der Waals surface area (Å²) in [6, 6.07) is 14.8. The third-order valence-electron chi connectivity index (χ3n) is 5.15. The quantitative estimate of drug-likeness (QED) is 0.744. The minimum atomic E-state index is 0.0849. The van der Waals surface area contributed by atoms with E-state index in [1.807, 2.05) is 26.0 Å². The summed E-state index contributed by atoms with van der Waals surface area (Å²) in [4.78, 5) is 18.8. The Balaban J connectivity index is 1.48. The zero-order valence-corrected chi connectivity index (χ0v) is 16.0. The minimum Gasteiger partial charge on any atom is -0.321 e. The third kappa shape index (κ3) is 3.50. The monoisotopic (exact) mass is 366 g/mol. The number of nitrogens with zero attached hydrogens (tertiary/aromatic N) is 1. The average Bonchev–Trinajstić information content (AvgIpc) is 3.24. The number of quaternary nitrogens is 1. The summed E-state index contributed by atoms with van der Waals surface area (Å²) in [6.07, 6.45) is 2.25. The first-order valence-electron chi connectivity index (χ1n) is 9.17. The van der Waals surface area contributed by atoms with Crippen molar-refractivity contribution in [3.63, 3.8) is 0 Å². The lowest BCUT2D eigenvalue weighted by Gasteiger charge is -2.19. The van der Waals surface area contributed by atoms with Gasteiger partial charge in [0.05, 0.1) is 16.8 Å². The van der Waals surface area contributed by atoms with Crippen LogP contribution in [0.15, 0.2) is 42.5 Å². The molecule has 0 bridgehead atoms. The predicted molar refractivity (Wildman–Crippen MR) is 107 cm³/mol. The van der Waals surface area contributed by atoms with Crippen LogP contribution in [0.5, 0.6) is 0 Å². The zero-order valence-electron chi connectivity index (χ0n) is 15.2. The van der Waals surface area contributed by atoms with E-state index in [2.05, 4.69) is 35.6 Å². The molecule has 1 saturated heterocycles. The van der Waals surface area contributed by atoms with E-state index in [4.69, 9.17) is 4.98 Å². The number of aromatic nitrogens is 1. The third-order valence-corrected chi connectivity index (χ3v) is 6.30. The molecular weight excluding hydrogens is 342 g/mol. The van der Waals surface area contributed by atoms with E-state index < -0.39 is 0 Å². The number of carbonyl (C=O) groups excluding carboxylic acids is 1. The molecule has 5 heteroatoms. The molecule has 1 fully saturated rings. The van der Waals surface area contributed by atoms with Gasteiger partial charge < -0.3 is 10.2 Å². The zero-order chi connectivity index (χ0) is 18.1. The van der Waals surface area contributed by atoms with E-state index in [1.54, 1.807) is 11.3 Å². The molecule has 0 aliphatic carbocycles. The van der Waals surface area contributed by atoms with E-state index in [1.165, 1.54) is 14.6 Å². The fraction of sp³-hybridized carbons (Fsp3) is 0.333. The Labute approximate surface area is 157 Å². The van der Waals surface area contributed by atoms with Gasteiger partial charge in [0, 0.05) is 18.5 Å². The number of para-hydroxylation sites is 1. The molecule has 0 radical (unpaired) electrons. The molecular formula is C21H24N3OS+. The molecule has 4 rings (SSSR count). The minimum absolute atomic E-state index is 0.0849. The highest BCUT2D eigenvalue weighted by Crippen LogP contribution is 2.28. The number of anilines is 1. The number of rotatable bonds is 4. The Hall–Kier alpha value is -2.24. The molecule has 1 amide bonds. The molecule has 2 N–H and O–H groups in total. The van der Waals surface area contributed by atoms with Gasteiger partial charge in [0.1, 0.15) is 6.04 Å². The van der Waals surface area contributed by atoms with Crippen LogP contribution in [0.4, 0.5) is 5.69 Å². The second-order valence-electron chi connectivity index (χ2n) is 7.17. The number of fused-ring (bicyclic) bond motifs is 1. The molecule has 2 heterocycles. The Morgan fingerprint density at radius 2 is 2.12 bits per heavy atom. The Morgan fingerprint density at radius 1 is 1.27 bits per heavy atom. The van der Waals surface area contributed by atoms with Crippen LogP contribution in [0.3, 0.4) is 0 Å². The first-order chi connectivity index (χ1) is 12.6. The highest BCUT2D eigenvalue weighted by Gasteiger charge is 2.34. The molecule has 4 nitrogen and oxygen atoms in total. The topological polar surface area (TPSA) is 46.4 Å². The summed E-state index contributed by atoms with van der Waals surface area (Å²) >= 11 is 1.77. The van der Waals surface area contributed by atoms with Crippen LogP contribution in [0.25, 0.3) is 10.2 Å². The van der Waals surface area contributed by atoms with Crippen molar-refractivity contribution in [2.45, 2.75) is 32.7 Å². The van der Waals surface area contributed by atoms with E-state index in [9.17, 15) is 4.79 Å². The second kappa shape index (κ2) is 7.17. The number of nitrogens with one attached hydrogen (secondary N) is 2. The smallest absolute Gasteiger partial charge is 0.279 e. The SMILES string of the molecule is Cc1ccc(C)c(NC(=O)C[NH+]2CCC[C@H]2c2nc3ccccc3s2)c1. The Morgan fingerprint density at radius 3 is 2.96 bits per heavy atom. The first kappa shape index (κ1) is 17.2. The van der Waals surface area contributed by atoms with Crippen LogP contribution in [0, 0.1) is 13.8 Å². The number of hydrogen-bond acceptors (Lipinski definition) is 3. The van der Waals surface area contributed by atoms with Crippen molar-refractivity contribution in [1.29, 1.82) is 0 Å². The Bertz CT molecular complexity index is 916. The van der Waals surface area contributed by atoms with Gasteiger partial charge in [-0.05, 0) is 43.2 Å². The lowest BCUT2D eigenvalue weighted by atomic mass is 10.1. The molecule has 0 spiro atoms. The van der Waals surface area contributed by atoms with Crippen LogP contribution in [-0.4, -0.2) is 24.0 Å². The van der Waals surface area contributed by atoms with Gasteiger partial charge in [-0.3, -0.25) is 4.79 Å². The highest BCUT2D eigenvalue weighted by molar-refractivity contribution is 7.18. The summed E-state index contributed by atoms with van der Waals surface area (Å²) in [6.45, 7) is 5.60. The summed E-state index contributed by atoms with van der Waals surface area (Å²) < 4.78 is 1.23. The maximum absolute atomic E-state index is 12.6. The van der Waals surface area contributed by atoms with Gasteiger partial charge in [-0.2, -0.15) is 0 Å². The van der Waals surface area contributed by atoms with E-state index in [0.717, 1.165) is 41.7 Å². The van der Waals surface area contributed by atoms with E-state index in [-0.39, 0.29) is 5.91 Å². The molecule has 26 heavy (non-hydrogen) atoms. The lowest BCUT2D eigenvalue weighted by molar-refractivity contribution is -0.910. The summed E-state index contributed by atoms with van der Waals surface area (Å²) in [5.41, 5.74) is 4.25. The van der Waals surface area contributed by atoms with Crippen LogP contribution in [-0.2, 0) is 4.79 Å². The standard InChI is InChI=1S/C21H23N3OS/c1-14-9-10-15(2)17(12-14)22-20(25)13-24-11-5-7-18(24)21-23-16-6-3-4-8-19(16)26-21/h3-4,6,8-10,12,18H,5,7,11,13H2,1-2H3,(H,22,25)/p+1/t18-/m0/s1. The van der Waals surface area contributed by atoms with Crippen molar-refractivity contribution >= 4 is 33.1 Å². The highest BCUT2D eigenvalue weighted by atomic mass is 32.1. The molecule has 1 aliphatic heterocycles. The average molecular weight is 367 g/mol. The number of thiazole rings is 1.